The van der Waals surface area contributed by atoms with Crippen LogP contribution in [-0.2, 0) is 9.59 Å². The lowest BCUT2D eigenvalue weighted by molar-refractivity contribution is -0.138. The number of nitrogens with zero attached hydrogens (tertiary/aromatic N) is 3. The van der Waals surface area contributed by atoms with Crippen molar-refractivity contribution in [1.29, 1.82) is 0 Å². The van der Waals surface area contributed by atoms with E-state index in [1.807, 2.05) is 19.1 Å². The molecule has 108 valence electrons. The number of hydrogen-bond donors (Lipinski definition) is 1. The highest BCUT2D eigenvalue weighted by Gasteiger charge is 2.34. The standard InChI is InChI=1S/C14H14N4O3/c1-8-4-3-5-11-15-10(6-17(8)11)14(21)18-7-12(19)16-13(20)9(18)2/h3-6,9H,7H2,1-2H3,(H,16,19,20). The number of carbonyl (C=O) groups excluding carboxylic acids is 3. The molecule has 1 saturated heterocycles. The molecule has 2 aromatic rings. The van der Waals surface area contributed by atoms with E-state index < -0.39 is 23.8 Å². The molecule has 1 aliphatic heterocycles. The molecule has 1 aliphatic rings. The van der Waals surface area contributed by atoms with Crippen molar-refractivity contribution >= 4 is 23.4 Å². The average molecular weight is 286 g/mol. The summed E-state index contributed by atoms with van der Waals surface area (Å²) in [5.74, 6) is -1.38. The SMILES string of the molecule is Cc1cccc2nc(C(=O)N3CC(=O)NC(=O)C3C)cn12. The van der Waals surface area contributed by atoms with Crippen molar-refractivity contribution in [3.8, 4) is 0 Å². The average Bonchev–Trinajstić information content (AvgIpc) is 2.87. The third-order valence-corrected chi connectivity index (χ3v) is 3.60. The zero-order valence-electron chi connectivity index (χ0n) is 11.7. The Balaban J connectivity index is 1.98. The summed E-state index contributed by atoms with van der Waals surface area (Å²) >= 11 is 0. The maximum Gasteiger partial charge on any atom is 0.275 e. The van der Waals surface area contributed by atoms with Crippen LogP contribution < -0.4 is 5.32 Å². The van der Waals surface area contributed by atoms with Gasteiger partial charge in [0.15, 0.2) is 0 Å². The third-order valence-electron chi connectivity index (χ3n) is 3.60. The minimum absolute atomic E-state index is 0.140. The molecule has 7 heteroatoms. The van der Waals surface area contributed by atoms with E-state index in [0.29, 0.717) is 5.65 Å². The lowest BCUT2D eigenvalue weighted by Crippen LogP contribution is -2.58. The Hall–Kier alpha value is -2.70. The van der Waals surface area contributed by atoms with Crippen LogP contribution in [-0.4, -0.2) is 44.6 Å². The lowest BCUT2D eigenvalue weighted by Gasteiger charge is -2.30. The van der Waals surface area contributed by atoms with Crippen LogP contribution in [0.15, 0.2) is 24.4 Å². The number of fused-ring (bicyclic) bond motifs is 1. The Morgan fingerprint density at radius 3 is 2.86 bits per heavy atom. The Bertz CT molecular complexity index is 765. The van der Waals surface area contributed by atoms with Crippen LogP contribution in [0.3, 0.4) is 0 Å². The maximum atomic E-state index is 12.5. The molecule has 7 nitrogen and oxygen atoms in total. The van der Waals surface area contributed by atoms with Crippen molar-refractivity contribution in [1.82, 2.24) is 19.6 Å². The van der Waals surface area contributed by atoms with Crippen molar-refractivity contribution < 1.29 is 14.4 Å². The normalized spacial score (nSPS) is 19.0. The van der Waals surface area contributed by atoms with Gasteiger partial charge in [-0.2, -0.15) is 0 Å². The van der Waals surface area contributed by atoms with Gasteiger partial charge in [0, 0.05) is 11.9 Å². The zero-order chi connectivity index (χ0) is 15.1. The number of carbonyl (C=O) groups is 3. The van der Waals surface area contributed by atoms with Gasteiger partial charge in [-0.05, 0) is 26.0 Å². The number of imidazole rings is 1. The molecular formula is C14H14N4O3. The fraction of sp³-hybridized carbons (Fsp3) is 0.286. The quantitative estimate of drug-likeness (QED) is 0.755. The zero-order valence-corrected chi connectivity index (χ0v) is 11.7. The first-order chi connectivity index (χ1) is 9.97. The van der Waals surface area contributed by atoms with E-state index in [9.17, 15) is 14.4 Å². The van der Waals surface area contributed by atoms with Crippen LogP contribution in [0, 0.1) is 6.92 Å². The van der Waals surface area contributed by atoms with E-state index in [0.717, 1.165) is 5.69 Å². The molecule has 0 radical (unpaired) electrons. The van der Waals surface area contributed by atoms with Crippen molar-refractivity contribution in [2.45, 2.75) is 19.9 Å². The number of rotatable bonds is 1. The maximum absolute atomic E-state index is 12.5. The van der Waals surface area contributed by atoms with Crippen molar-refractivity contribution in [2.24, 2.45) is 0 Å². The van der Waals surface area contributed by atoms with E-state index in [4.69, 9.17) is 0 Å². The Morgan fingerprint density at radius 1 is 1.38 bits per heavy atom. The Kier molecular flexibility index (Phi) is 2.97. The Labute approximate surface area is 120 Å². The number of aromatic nitrogens is 2. The number of amides is 3. The molecule has 0 bridgehead atoms. The van der Waals surface area contributed by atoms with Crippen molar-refractivity contribution in [2.75, 3.05) is 6.54 Å². The van der Waals surface area contributed by atoms with Gasteiger partial charge in [-0.15, -0.1) is 0 Å². The Morgan fingerprint density at radius 2 is 2.14 bits per heavy atom. The molecule has 3 rings (SSSR count). The summed E-state index contributed by atoms with van der Waals surface area (Å²) in [6, 6.07) is 4.86. The predicted molar refractivity (Wildman–Crippen MR) is 73.6 cm³/mol. The monoisotopic (exact) mass is 286 g/mol. The highest BCUT2D eigenvalue weighted by molar-refractivity contribution is 6.06. The molecule has 3 heterocycles. The smallest absolute Gasteiger partial charge is 0.275 e. The van der Waals surface area contributed by atoms with E-state index in [2.05, 4.69) is 10.3 Å². The second-order valence-electron chi connectivity index (χ2n) is 5.04. The molecule has 1 N–H and O–H groups in total. The number of piperazine rings is 1. The molecule has 2 aromatic heterocycles. The summed E-state index contributed by atoms with van der Waals surface area (Å²) in [6.45, 7) is 3.35. The van der Waals surface area contributed by atoms with E-state index in [1.54, 1.807) is 23.6 Å². The molecule has 0 spiro atoms. The lowest BCUT2D eigenvalue weighted by atomic mass is 10.2. The number of imide groups is 1. The van der Waals surface area contributed by atoms with Crippen molar-refractivity contribution in [3.05, 3.63) is 35.8 Å². The van der Waals surface area contributed by atoms with E-state index in [1.165, 1.54) is 4.90 Å². The van der Waals surface area contributed by atoms with Crippen molar-refractivity contribution in [3.63, 3.8) is 0 Å². The third kappa shape index (κ3) is 2.16. The minimum Gasteiger partial charge on any atom is -0.316 e. The van der Waals surface area contributed by atoms with Gasteiger partial charge in [0.05, 0.1) is 0 Å². The van der Waals surface area contributed by atoms with E-state index >= 15 is 0 Å². The van der Waals surface area contributed by atoms with Gasteiger partial charge in [0.2, 0.25) is 11.8 Å². The summed E-state index contributed by atoms with van der Waals surface area (Å²) in [6.07, 6.45) is 1.62. The first-order valence-corrected chi connectivity index (χ1v) is 6.57. The fourth-order valence-corrected chi connectivity index (χ4v) is 2.36. The van der Waals surface area contributed by atoms with Gasteiger partial charge in [-0.3, -0.25) is 19.7 Å². The summed E-state index contributed by atoms with van der Waals surface area (Å²) in [5.41, 5.74) is 1.82. The molecule has 1 unspecified atom stereocenters. The van der Waals surface area contributed by atoms with Gasteiger partial charge in [-0.25, -0.2) is 4.98 Å². The fourth-order valence-electron chi connectivity index (χ4n) is 2.36. The molecule has 21 heavy (non-hydrogen) atoms. The molecule has 3 amide bonds. The number of hydrogen-bond acceptors (Lipinski definition) is 4. The summed E-state index contributed by atoms with van der Waals surface area (Å²) in [4.78, 5) is 41.1. The summed E-state index contributed by atoms with van der Waals surface area (Å²) < 4.78 is 1.80. The van der Waals surface area contributed by atoms with Gasteiger partial charge in [0.25, 0.3) is 5.91 Å². The number of aryl methyl sites for hydroxylation is 1. The first-order valence-electron chi connectivity index (χ1n) is 6.57. The molecule has 0 aliphatic carbocycles. The minimum atomic E-state index is -0.693. The molecule has 1 fully saturated rings. The molecular weight excluding hydrogens is 272 g/mol. The van der Waals surface area contributed by atoms with Crippen LogP contribution in [0.5, 0.6) is 0 Å². The number of pyridine rings is 1. The molecule has 0 saturated carbocycles. The van der Waals surface area contributed by atoms with Crippen LogP contribution in [0.2, 0.25) is 0 Å². The molecule has 0 aromatic carbocycles. The van der Waals surface area contributed by atoms with Gasteiger partial charge >= 0.3 is 0 Å². The number of nitrogens with one attached hydrogen (secondary N) is 1. The topological polar surface area (TPSA) is 83.8 Å². The first kappa shape index (κ1) is 13.3. The van der Waals surface area contributed by atoms with Gasteiger partial charge in [0.1, 0.15) is 23.9 Å². The van der Waals surface area contributed by atoms with Crippen LogP contribution in [0.25, 0.3) is 5.65 Å². The highest BCUT2D eigenvalue weighted by atomic mass is 16.2. The van der Waals surface area contributed by atoms with Crippen LogP contribution in [0.1, 0.15) is 23.1 Å². The largest absolute Gasteiger partial charge is 0.316 e. The van der Waals surface area contributed by atoms with Crippen LogP contribution >= 0.6 is 0 Å². The molecule has 1 atom stereocenters. The summed E-state index contributed by atoms with van der Waals surface area (Å²) in [7, 11) is 0. The van der Waals surface area contributed by atoms with Crippen LogP contribution in [0.4, 0.5) is 0 Å². The predicted octanol–water partition coefficient (Wildman–Crippen LogP) is 0.130. The summed E-state index contributed by atoms with van der Waals surface area (Å²) in [5, 5.41) is 2.20. The second-order valence-corrected chi connectivity index (χ2v) is 5.04. The highest BCUT2D eigenvalue weighted by Crippen LogP contribution is 2.13. The van der Waals surface area contributed by atoms with Gasteiger partial charge < -0.3 is 9.30 Å². The second kappa shape index (κ2) is 4.69. The van der Waals surface area contributed by atoms with Gasteiger partial charge in [-0.1, -0.05) is 6.07 Å². The van der Waals surface area contributed by atoms with E-state index in [-0.39, 0.29) is 12.2 Å².